The Morgan fingerprint density at radius 3 is 2.32 bits per heavy atom. The average molecular weight is 580 g/mol. The first-order valence-corrected chi connectivity index (χ1v) is 17.7. The Morgan fingerprint density at radius 1 is 0.818 bits per heavy atom. The SMILES string of the molecule is CC1=CC(C)=C(C2CCCCC2)C2(c3cc4ccccc4c4c3-c3c5c(cc(C)nc5cc[n+]32)C4(C)C)C1C1CCCCC1. The molecule has 0 amide bonds. The summed E-state index contributed by atoms with van der Waals surface area (Å²) in [7, 11) is 0. The second kappa shape index (κ2) is 9.38. The molecule has 2 aromatic heterocycles. The zero-order chi connectivity index (χ0) is 30.0. The Balaban J connectivity index is 1.51. The van der Waals surface area contributed by atoms with Gasteiger partial charge in [-0.15, -0.1) is 0 Å². The molecule has 9 rings (SSSR count). The fourth-order valence-electron chi connectivity index (χ4n) is 11.4. The minimum absolute atomic E-state index is 0.127. The fourth-order valence-corrected chi connectivity index (χ4v) is 11.4. The number of hydrogen-bond acceptors (Lipinski definition) is 1. The zero-order valence-electron chi connectivity index (χ0n) is 27.4. The molecule has 4 aliphatic carbocycles. The lowest BCUT2D eigenvalue weighted by Gasteiger charge is -2.47. The average Bonchev–Trinajstić information content (AvgIpc) is 3.29. The van der Waals surface area contributed by atoms with E-state index in [1.165, 1.54) is 108 Å². The van der Waals surface area contributed by atoms with Gasteiger partial charge in [-0.2, -0.15) is 4.57 Å². The van der Waals surface area contributed by atoms with Crippen LogP contribution in [-0.2, 0) is 11.0 Å². The molecule has 1 spiro atoms. The van der Waals surface area contributed by atoms with Crippen molar-refractivity contribution in [1.82, 2.24) is 4.98 Å². The van der Waals surface area contributed by atoms with Gasteiger partial charge in [0.1, 0.15) is 0 Å². The summed E-state index contributed by atoms with van der Waals surface area (Å²) in [6, 6.07) is 16.8. The highest BCUT2D eigenvalue weighted by Crippen LogP contribution is 2.63. The van der Waals surface area contributed by atoms with Gasteiger partial charge in [0, 0.05) is 28.3 Å². The van der Waals surface area contributed by atoms with Crippen LogP contribution in [0.3, 0.4) is 0 Å². The lowest BCUT2D eigenvalue weighted by atomic mass is 9.55. The summed E-state index contributed by atoms with van der Waals surface area (Å²) < 4.78 is 2.86. The van der Waals surface area contributed by atoms with E-state index in [-0.39, 0.29) is 11.0 Å². The van der Waals surface area contributed by atoms with Crippen molar-refractivity contribution in [2.75, 3.05) is 0 Å². The summed E-state index contributed by atoms with van der Waals surface area (Å²) in [6.07, 6.45) is 18.7. The van der Waals surface area contributed by atoms with Gasteiger partial charge in [-0.1, -0.05) is 88.3 Å². The number of hydrogen-bond donors (Lipinski definition) is 0. The molecule has 2 nitrogen and oxygen atoms in total. The summed E-state index contributed by atoms with van der Waals surface area (Å²) >= 11 is 0. The molecule has 0 saturated heterocycles. The Labute approximate surface area is 263 Å². The van der Waals surface area contributed by atoms with Crippen molar-refractivity contribution < 1.29 is 4.57 Å². The largest absolute Gasteiger partial charge is 0.253 e. The van der Waals surface area contributed by atoms with Crippen molar-refractivity contribution in [1.29, 1.82) is 0 Å². The van der Waals surface area contributed by atoms with Crippen molar-refractivity contribution in [3.63, 3.8) is 0 Å². The maximum atomic E-state index is 5.19. The van der Waals surface area contributed by atoms with Gasteiger partial charge in [0.15, 0.2) is 6.20 Å². The minimum atomic E-state index is -0.187. The Hall–Kier alpha value is -3.26. The Morgan fingerprint density at radius 2 is 1.55 bits per heavy atom. The van der Waals surface area contributed by atoms with Crippen LogP contribution in [0, 0.1) is 24.7 Å². The minimum Gasteiger partial charge on any atom is -0.253 e. The predicted octanol–water partition coefficient (Wildman–Crippen LogP) is 10.4. The molecule has 0 N–H and O–H groups in total. The molecule has 5 aliphatic rings. The van der Waals surface area contributed by atoms with Gasteiger partial charge < -0.3 is 0 Å². The topological polar surface area (TPSA) is 16.8 Å². The highest BCUT2D eigenvalue weighted by Gasteiger charge is 2.65. The number of rotatable bonds is 2. The first-order chi connectivity index (χ1) is 21.3. The number of aryl methyl sites for hydroxylation is 1. The molecule has 2 aromatic carbocycles. The third kappa shape index (κ3) is 3.33. The van der Waals surface area contributed by atoms with Crippen LogP contribution >= 0.6 is 0 Å². The first kappa shape index (κ1) is 27.1. The van der Waals surface area contributed by atoms with Gasteiger partial charge in [0.25, 0.3) is 0 Å². The van der Waals surface area contributed by atoms with Crippen LogP contribution in [-0.4, -0.2) is 4.98 Å². The van der Waals surface area contributed by atoms with Crippen LogP contribution in [0.25, 0.3) is 32.9 Å². The lowest BCUT2D eigenvalue weighted by molar-refractivity contribution is -0.737. The van der Waals surface area contributed by atoms with E-state index in [2.05, 4.69) is 93.9 Å². The van der Waals surface area contributed by atoms with Gasteiger partial charge in [-0.25, -0.2) is 0 Å². The molecule has 2 fully saturated rings. The van der Waals surface area contributed by atoms with E-state index in [0.29, 0.717) is 17.8 Å². The summed E-state index contributed by atoms with van der Waals surface area (Å²) in [4.78, 5) is 5.19. The molecule has 0 bridgehead atoms. The van der Waals surface area contributed by atoms with E-state index >= 15 is 0 Å². The highest BCUT2D eigenvalue weighted by molar-refractivity contribution is 6.06. The van der Waals surface area contributed by atoms with Gasteiger partial charge >= 0.3 is 0 Å². The monoisotopic (exact) mass is 579 g/mol. The number of pyridine rings is 2. The number of aromatic nitrogens is 2. The van der Waals surface area contributed by atoms with Crippen molar-refractivity contribution >= 4 is 21.7 Å². The van der Waals surface area contributed by atoms with Crippen molar-refractivity contribution in [3.05, 3.63) is 93.8 Å². The van der Waals surface area contributed by atoms with Crippen molar-refractivity contribution in [3.8, 4) is 11.3 Å². The van der Waals surface area contributed by atoms with E-state index in [1.54, 1.807) is 22.3 Å². The quantitative estimate of drug-likeness (QED) is 0.216. The third-order valence-corrected chi connectivity index (χ3v) is 12.8. The number of nitrogens with zero attached hydrogens (tertiary/aromatic N) is 2. The molecule has 2 atom stereocenters. The van der Waals surface area contributed by atoms with Crippen LogP contribution in [0.2, 0.25) is 0 Å². The zero-order valence-corrected chi connectivity index (χ0v) is 27.4. The predicted molar refractivity (Wildman–Crippen MR) is 182 cm³/mol. The molecule has 3 heterocycles. The van der Waals surface area contributed by atoms with Gasteiger partial charge in [0.2, 0.25) is 11.2 Å². The van der Waals surface area contributed by atoms with E-state index in [4.69, 9.17) is 4.98 Å². The summed E-state index contributed by atoms with van der Waals surface area (Å²) in [5, 5.41) is 4.23. The summed E-state index contributed by atoms with van der Waals surface area (Å²) in [6.45, 7) is 12.1. The molecule has 2 heteroatoms. The molecule has 0 radical (unpaired) electrons. The summed E-state index contributed by atoms with van der Waals surface area (Å²) in [5.41, 5.74) is 14.5. The van der Waals surface area contributed by atoms with Gasteiger partial charge in [-0.05, 0) is 97.9 Å². The maximum absolute atomic E-state index is 5.19. The van der Waals surface area contributed by atoms with Crippen LogP contribution in [0.1, 0.15) is 114 Å². The fraction of sp³-hybridized carbons (Fsp3) is 0.476. The standard InChI is InChI=1S/C42H47N2/c1-25-22-26(2)38(29-16-10-7-11-17-29)42(37(25)28-14-8-6-9-15-28)33-24-30-18-12-13-19-31(30)39-36(33)40-35-32(41(39,4)5)23-27(3)43-34(35)20-21-44(40)42/h12-13,18-24,28-29,37H,6-11,14-17H2,1-5H3/q+1. The smallest absolute Gasteiger partial charge is 0.224 e. The first-order valence-electron chi connectivity index (χ1n) is 17.7. The van der Waals surface area contributed by atoms with Crippen LogP contribution < -0.4 is 4.57 Å². The van der Waals surface area contributed by atoms with Crippen LogP contribution in [0.15, 0.2) is 71.5 Å². The van der Waals surface area contributed by atoms with Gasteiger partial charge in [0.05, 0.1) is 22.4 Å². The lowest BCUT2D eigenvalue weighted by Crippen LogP contribution is -2.64. The Bertz CT molecular complexity index is 1940. The second-order valence-corrected chi connectivity index (χ2v) is 15.6. The van der Waals surface area contributed by atoms with Crippen molar-refractivity contribution in [2.45, 2.75) is 110 Å². The van der Waals surface area contributed by atoms with Crippen LogP contribution in [0.4, 0.5) is 0 Å². The molecule has 4 aromatic rings. The molecule has 44 heavy (non-hydrogen) atoms. The number of allylic oxidation sites excluding steroid dienone is 4. The van der Waals surface area contributed by atoms with E-state index in [1.807, 2.05) is 0 Å². The molecule has 1 aliphatic heterocycles. The van der Waals surface area contributed by atoms with E-state index in [0.717, 1.165) is 5.69 Å². The number of benzene rings is 2. The molecular formula is C42H47N2+. The normalized spacial score (nSPS) is 26.2. The second-order valence-electron chi connectivity index (χ2n) is 15.6. The van der Waals surface area contributed by atoms with E-state index in [9.17, 15) is 0 Å². The molecular weight excluding hydrogens is 532 g/mol. The Kier molecular flexibility index (Phi) is 5.77. The molecule has 2 saturated carbocycles. The number of fused-ring (bicyclic) bond motifs is 4. The maximum Gasteiger partial charge on any atom is 0.224 e. The van der Waals surface area contributed by atoms with Crippen LogP contribution in [0.5, 0.6) is 0 Å². The molecule has 2 unspecified atom stereocenters. The summed E-state index contributed by atoms with van der Waals surface area (Å²) in [5.74, 6) is 1.82. The third-order valence-electron chi connectivity index (χ3n) is 12.8. The van der Waals surface area contributed by atoms with Gasteiger partial charge in [-0.3, -0.25) is 4.98 Å². The van der Waals surface area contributed by atoms with Crippen molar-refractivity contribution in [2.24, 2.45) is 17.8 Å². The van der Waals surface area contributed by atoms with E-state index < -0.39 is 0 Å². The molecule has 224 valence electrons. The highest BCUT2D eigenvalue weighted by atomic mass is 15.1.